The summed E-state index contributed by atoms with van der Waals surface area (Å²) in [7, 11) is 0. The van der Waals surface area contributed by atoms with Crippen LogP contribution in [0, 0.1) is 11.7 Å². The predicted octanol–water partition coefficient (Wildman–Crippen LogP) is 3.53. The summed E-state index contributed by atoms with van der Waals surface area (Å²) in [6.07, 6.45) is 3.17. The molecule has 8 nitrogen and oxygen atoms in total. The van der Waals surface area contributed by atoms with Crippen molar-refractivity contribution in [1.29, 1.82) is 0 Å². The molecule has 1 aliphatic rings. The lowest BCUT2D eigenvalue weighted by Gasteiger charge is -2.31. The van der Waals surface area contributed by atoms with Crippen LogP contribution in [0.15, 0.2) is 54.6 Å². The molecule has 2 aromatic carbocycles. The molecular formula is C25H26FN5O3S. The van der Waals surface area contributed by atoms with E-state index in [-0.39, 0.29) is 27.7 Å². The number of halogens is 1. The molecule has 0 radical (unpaired) electrons. The number of amides is 3. The van der Waals surface area contributed by atoms with E-state index < -0.39 is 11.7 Å². The molecule has 4 rings (SSSR count). The molecule has 3 amide bonds. The summed E-state index contributed by atoms with van der Waals surface area (Å²) in [6.45, 7) is 1.41. The van der Waals surface area contributed by atoms with Crippen molar-refractivity contribution in [2.24, 2.45) is 5.92 Å². The Morgan fingerprint density at radius 2 is 1.77 bits per heavy atom. The maximum absolute atomic E-state index is 13.0. The smallest absolute Gasteiger partial charge is 0.286 e. The summed E-state index contributed by atoms with van der Waals surface area (Å²) < 4.78 is 13.0. The number of carbonyl (C=O) groups is 3. The van der Waals surface area contributed by atoms with Crippen molar-refractivity contribution in [2.45, 2.75) is 25.7 Å². The number of anilines is 1. The van der Waals surface area contributed by atoms with Crippen LogP contribution in [0.4, 0.5) is 10.1 Å². The maximum Gasteiger partial charge on any atom is 0.286 e. The summed E-state index contributed by atoms with van der Waals surface area (Å²) in [5, 5.41) is 13.4. The van der Waals surface area contributed by atoms with Gasteiger partial charge < -0.3 is 15.5 Å². The third-order valence-corrected chi connectivity index (χ3v) is 6.68. The van der Waals surface area contributed by atoms with Crippen LogP contribution < -0.4 is 10.6 Å². The topological polar surface area (TPSA) is 104 Å². The first-order valence-corrected chi connectivity index (χ1v) is 12.3. The van der Waals surface area contributed by atoms with Crippen LogP contribution in [0.5, 0.6) is 0 Å². The Morgan fingerprint density at radius 1 is 1.03 bits per heavy atom. The van der Waals surface area contributed by atoms with E-state index in [1.165, 1.54) is 29.8 Å². The molecule has 1 aromatic heterocycles. The van der Waals surface area contributed by atoms with Gasteiger partial charge in [-0.25, -0.2) is 4.39 Å². The molecule has 2 heterocycles. The third kappa shape index (κ3) is 6.69. The molecule has 3 aromatic rings. The van der Waals surface area contributed by atoms with Crippen LogP contribution in [0.3, 0.4) is 0 Å². The van der Waals surface area contributed by atoms with E-state index in [0.29, 0.717) is 31.7 Å². The minimum absolute atomic E-state index is 0.0300. The van der Waals surface area contributed by atoms with Crippen molar-refractivity contribution in [1.82, 2.24) is 20.4 Å². The lowest BCUT2D eigenvalue weighted by molar-refractivity contribution is -0.126. The van der Waals surface area contributed by atoms with Gasteiger partial charge in [-0.1, -0.05) is 41.7 Å². The van der Waals surface area contributed by atoms with Crippen LogP contribution in [0.1, 0.15) is 44.4 Å². The van der Waals surface area contributed by atoms with Gasteiger partial charge in [0.25, 0.3) is 11.8 Å². The molecule has 0 spiro atoms. The maximum atomic E-state index is 13.0. The fraction of sp³-hybridized carbons (Fsp3) is 0.320. The molecule has 0 aliphatic carbocycles. The highest BCUT2D eigenvalue weighted by Crippen LogP contribution is 2.21. The normalized spacial score (nSPS) is 15.5. The number of rotatable bonds is 8. The fourth-order valence-electron chi connectivity index (χ4n) is 3.92. The van der Waals surface area contributed by atoms with Gasteiger partial charge in [-0.2, -0.15) is 0 Å². The zero-order valence-corrected chi connectivity index (χ0v) is 19.9. The highest BCUT2D eigenvalue weighted by atomic mass is 32.1. The van der Waals surface area contributed by atoms with Crippen LogP contribution in [0.25, 0.3) is 0 Å². The van der Waals surface area contributed by atoms with E-state index in [2.05, 4.69) is 33.0 Å². The molecule has 0 saturated carbocycles. The summed E-state index contributed by atoms with van der Waals surface area (Å²) in [5.41, 5.74) is 1.65. The second-order valence-electron chi connectivity index (χ2n) is 8.34. The molecule has 0 bridgehead atoms. The molecule has 1 unspecified atom stereocenters. The average Bonchev–Trinajstić information content (AvgIpc) is 3.39. The number of nitrogens with zero attached hydrogens (tertiary/aromatic N) is 3. The quantitative estimate of drug-likeness (QED) is 0.465. The van der Waals surface area contributed by atoms with Gasteiger partial charge in [-0.3, -0.25) is 14.4 Å². The van der Waals surface area contributed by atoms with Crippen LogP contribution in [-0.2, 0) is 11.2 Å². The Morgan fingerprint density at radius 3 is 2.54 bits per heavy atom. The lowest BCUT2D eigenvalue weighted by atomic mass is 9.97. The van der Waals surface area contributed by atoms with Gasteiger partial charge in [-0.15, -0.1) is 10.2 Å². The van der Waals surface area contributed by atoms with Crippen molar-refractivity contribution in [3.05, 3.63) is 76.0 Å². The largest absolute Gasteiger partial charge is 0.356 e. The molecular weight excluding hydrogens is 469 g/mol. The second kappa shape index (κ2) is 11.7. The van der Waals surface area contributed by atoms with Gasteiger partial charge in [0.15, 0.2) is 0 Å². The zero-order valence-electron chi connectivity index (χ0n) is 19.1. The van der Waals surface area contributed by atoms with Crippen molar-refractivity contribution < 1.29 is 18.8 Å². The summed E-state index contributed by atoms with van der Waals surface area (Å²) in [5.74, 6) is -1.61. The Hall–Kier alpha value is -3.66. The molecule has 1 fully saturated rings. The molecule has 35 heavy (non-hydrogen) atoms. The summed E-state index contributed by atoms with van der Waals surface area (Å²) >= 11 is 0.889. The van der Waals surface area contributed by atoms with E-state index >= 15 is 0 Å². The number of likely N-dealkylation sites (tertiary alicyclic amines) is 1. The van der Waals surface area contributed by atoms with Crippen molar-refractivity contribution in [2.75, 3.05) is 25.0 Å². The molecule has 1 aliphatic heterocycles. The van der Waals surface area contributed by atoms with E-state index in [4.69, 9.17) is 0 Å². The number of aryl methyl sites for hydroxylation is 1. The van der Waals surface area contributed by atoms with Crippen molar-refractivity contribution >= 4 is 34.7 Å². The molecule has 1 saturated heterocycles. The Balaban J connectivity index is 1.27. The standard InChI is InChI=1S/C25H26FN5O3S/c26-19-10-12-20(13-11-19)28-22(33)23-29-30-24(35-23)25(34)31-15-5-9-18(16-31)21(32)27-14-4-8-17-6-2-1-3-7-17/h1-3,6-7,10-13,18H,4-5,8-9,14-16H2,(H,27,32)(H,28,33). The van der Waals surface area contributed by atoms with Crippen molar-refractivity contribution in [3.8, 4) is 0 Å². The Labute approximate surface area is 206 Å². The van der Waals surface area contributed by atoms with Gasteiger partial charge in [0.1, 0.15) is 5.82 Å². The number of nitrogens with one attached hydrogen (secondary N) is 2. The number of piperidine rings is 1. The number of hydrogen-bond donors (Lipinski definition) is 2. The Kier molecular flexibility index (Phi) is 8.15. The van der Waals surface area contributed by atoms with E-state index in [1.54, 1.807) is 4.90 Å². The van der Waals surface area contributed by atoms with E-state index in [1.807, 2.05) is 18.2 Å². The first kappa shape index (κ1) is 24.5. The van der Waals surface area contributed by atoms with Gasteiger partial charge in [-0.05, 0) is 55.5 Å². The lowest BCUT2D eigenvalue weighted by Crippen LogP contribution is -2.45. The van der Waals surface area contributed by atoms with E-state index in [0.717, 1.165) is 30.6 Å². The molecule has 182 valence electrons. The number of benzene rings is 2. The molecule has 10 heteroatoms. The Bertz CT molecular complexity index is 1170. The van der Waals surface area contributed by atoms with Crippen LogP contribution in [0.2, 0.25) is 0 Å². The van der Waals surface area contributed by atoms with Crippen LogP contribution >= 0.6 is 11.3 Å². The predicted molar refractivity (Wildman–Crippen MR) is 131 cm³/mol. The highest BCUT2D eigenvalue weighted by Gasteiger charge is 2.30. The van der Waals surface area contributed by atoms with Gasteiger partial charge >= 0.3 is 0 Å². The third-order valence-electron chi connectivity index (χ3n) is 5.77. The minimum atomic E-state index is -0.528. The van der Waals surface area contributed by atoms with Gasteiger partial charge in [0.05, 0.1) is 5.92 Å². The zero-order chi connectivity index (χ0) is 24.6. The molecule has 1 atom stereocenters. The first-order chi connectivity index (χ1) is 17.0. The minimum Gasteiger partial charge on any atom is -0.356 e. The van der Waals surface area contributed by atoms with Gasteiger partial charge in [0.2, 0.25) is 15.9 Å². The molecule has 2 N–H and O–H groups in total. The number of aromatic nitrogens is 2. The number of hydrogen-bond acceptors (Lipinski definition) is 6. The summed E-state index contributed by atoms with van der Waals surface area (Å²) in [4.78, 5) is 39.6. The monoisotopic (exact) mass is 495 g/mol. The SMILES string of the molecule is O=C(Nc1ccc(F)cc1)c1nnc(C(=O)N2CCCC(C(=O)NCCCc3ccccc3)C2)s1. The first-order valence-electron chi connectivity index (χ1n) is 11.5. The second-order valence-corrected chi connectivity index (χ2v) is 9.32. The van der Waals surface area contributed by atoms with E-state index in [9.17, 15) is 18.8 Å². The fourth-order valence-corrected chi connectivity index (χ4v) is 4.63. The average molecular weight is 496 g/mol. The van der Waals surface area contributed by atoms with Crippen molar-refractivity contribution in [3.63, 3.8) is 0 Å². The van der Waals surface area contributed by atoms with Crippen LogP contribution in [-0.4, -0.2) is 52.5 Å². The summed E-state index contributed by atoms with van der Waals surface area (Å²) in [6, 6.07) is 15.4. The highest BCUT2D eigenvalue weighted by molar-refractivity contribution is 7.15. The van der Waals surface area contributed by atoms with Gasteiger partial charge in [0, 0.05) is 25.3 Å². The number of carbonyl (C=O) groups excluding carboxylic acids is 3.